The summed E-state index contributed by atoms with van der Waals surface area (Å²) >= 11 is 0. The molecular weight excluding hydrogens is 278 g/mol. The fourth-order valence-corrected chi connectivity index (χ4v) is 2.41. The van der Waals surface area contributed by atoms with Crippen LogP contribution >= 0.6 is 0 Å². The topological polar surface area (TPSA) is 105 Å². The molecule has 0 aromatic heterocycles. The Bertz CT molecular complexity index is 569. The van der Waals surface area contributed by atoms with E-state index in [1.807, 2.05) is 36.4 Å². The minimum absolute atomic E-state index is 0.0140. The van der Waals surface area contributed by atoms with Crippen LogP contribution in [0.2, 0.25) is 0 Å². The molecule has 0 amide bonds. The molecule has 0 heterocycles. The first kappa shape index (κ1) is 16.3. The highest BCUT2D eigenvalue weighted by Crippen LogP contribution is 2.21. The second-order valence-corrected chi connectivity index (χ2v) is 5.34. The molecule has 0 spiro atoms. The van der Waals surface area contributed by atoms with Crippen molar-refractivity contribution in [3.05, 3.63) is 59.7 Å². The normalized spacial score (nSPS) is 13.7. The van der Waals surface area contributed by atoms with Crippen LogP contribution in [0.15, 0.2) is 48.5 Å². The first-order chi connectivity index (χ1) is 10.6. The van der Waals surface area contributed by atoms with E-state index >= 15 is 0 Å². The Balaban J connectivity index is 2.13. The summed E-state index contributed by atoms with van der Waals surface area (Å²) in [6.07, 6.45) is -0.132. The summed E-state index contributed by atoms with van der Waals surface area (Å²) in [6.45, 7) is 0.425. The zero-order valence-corrected chi connectivity index (χ0v) is 12.4. The molecule has 0 saturated heterocycles. The van der Waals surface area contributed by atoms with Gasteiger partial charge in [0.05, 0.1) is 18.8 Å². The number of nitrogens with one attached hydrogen (secondary N) is 1. The largest absolute Gasteiger partial charge is 0.399 e. The van der Waals surface area contributed by atoms with Crippen molar-refractivity contribution in [3.63, 3.8) is 0 Å². The number of benzene rings is 2. The maximum Gasteiger partial charge on any atom is 0.0775 e. The lowest BCUT2D eigenvalue weighted by Gasteiger charge is -2.25. The summed E-state index contributed by atoms with van der Waals surface area (Å²) in [5.41, 5.74) is 14.7. The lowest BCUT2D eigenvalue weighted by Crippen LogP contribution is -2.35. The monoisotopic (exact) mass is 301 g/mol. The Morgan fingerprint density at radius 1 is 0.909 bits per heavy atom. The van der Waals surface area contributed by atoms with E-state index in [0.29, 0.717) is 24.3 Å². The number of nitrogens with two attached hydrogens (primary N) is 2. The highest BCUT2D eigenvalue weighted by Gasteiger charge is 2.20. The summed E-state index contributed by atoms with van der Waals surface area (Å²) in [5.74, 6) is 0. The van der Waals surface area contributed by atoms with Crippen LogP contribution in [0.5, 0.6) is 0 Å². The third-order valence-electron chi connectivity index (χ3n) is 3.58. The molecule has 5 heteroatoms. The average Bonchev–Trinajstić information content (AvgIpc) is 2.51. The zero-order chi connectivity index (χ0) is 15.9. The van der Waals surface area contributed by atoms with Gasteiger partial charge < -0.3 is 27.0 Å². The molecule has 0 saturated carbocycles. The molecule has 0 aliphatic rings. The van der Waals surface area contributed by atoms with E-state index in [9.17, 15) is 5.11 Å². The predicted octanol–water partition coefficient (Wildman–Crippen LogP) is 1.08. The van der Waals surface area contributed by atoms with Crippen molar-refractivity contribution >= 4 is 11.4 Å². The molecule has 2 unspecified atom stereocenters. The van der Waals surface area contributed by atoms with Crippen LogP contribution in [0.25, 0.3) is 0 Å². The first-order valence-corrected chi connectivity index (χ1v) is 7.32. The summed E-state index contributed by atoms with van der Waals surface area (Å²) < 4.78 is 0. The molecule has 7 N–H and O–H groups in total. The summed E-state index contributed by atoms with van der Waals surface area (Å²) in [7, 11) is 0. The highest BCUT2D eigenvalue weighted by molar-refractivity contribution is 5.41. The highest BCUT2D eigenvalue weighted by atomic mass is 16.3. The first-order valence-electron chi connectivity index (χ1n) is 7.32. The molecule has 0 bridgehead atoms. The standard InChI is InChI=1S/C17H23N3O2/c18-14-5-1-12(2-6-14)11-16(22)17(20-9-10-21)13-3-7-15(19)8-4-13/h1-8,16-17,20-22H,9-11,18-19H2. The van der Waals surface area contributed by atoms with Gasteiger partial charge in [-0.15, -0.1) is 0 Å². The minimum atomic E-state index is -0.626. The zero-order valence-electron chi connectivity index (χ0n) is 12.4. The molecule has 5 nitrogen and oxygen atoms in total. The van der Waals surface area contributed by atoms with Crippen molar-refractivity contribution < 1.29 is 10.2 Å². The molecular formula is C17H23N3O2. The van der Waals surface area contributed by atoms with Crippen molar-refractivity contribution in [1.29, 1.82) is 0 Å². The van der Waals surface area contributed by atoms with E-state index in [1.54, 1.807) is 12.1 Å². The molecule has 0 aliphatic carbocycles. The molecule has 0 fully saturated rings. The van der Waals surface area contributed by atoms with Crippen molar-refractivity contribution in [3.8, 4) is 0 Å². The third kappa shape index (κ3) is 4.46. The summed E-state index contributed by atoms with van der Waals surface area (Å²) in [5, 5.41) is 22.8. The van der Waals surface area contributed by atoms with Gasteiger partial charge in [-0.2, -0.15) is 0 Å². The van der Waals surface area contributed by atoms with Gasteiger partial charge in [0.1, 0.15) is 0 Å². The van der Waals surface area contributed by atoms with Crippen LogP contribution < -0.4 is 16.8 Å². The van der Waals surface area contributed by atoms with E-state index in [1.165, 1.54) is 0 Å². The number of hydrogen-bond donors (Lipinski definition) is 5. The number of anilines is 2. The molecule has 2 rings (SSSR count). The van der Waals surface area contributed by atoms with Crippen molar-refractivity contribution in [2.45, 2.75) is 18.6 Å². The maximum atomic E-state index is 10.6. The van der Waals surface area contributed by atoms with Crippen LogP contribution in [-0.4, -0.2) is 29.5 Å². The van der Waals surface area contributed by atoms with Gasteiger partial charge in [-0.1, -0.05) is 24.3 Å². The summed E-state index contributed by atoms with van der Waals surface area (Å²) in [4.78, 5) is 0. The molecule has 2 atom stereocenters. The van der Waals surface area contributed by atoms with Crippen molar-refractivity contribution in [2.24, 2.45) is 0 Å². The molecule has 0 aliphatic heterocycles. The van der Waals surface area contributed by atoms with Crippen LogP contribution in [0.3, 0.4) is 0 Å². The Morgan fingerprint density at radius 3 is 2.00 bits per heavy atom. The van der Waals surface area contributed by atoms with Crippen molar-refractivity contribution in [2.75, 3.05) is 24.6 Å². The maximum absolute atomic E-state index is 10.6. The number of rotatable bonds is 7. The third-order valence-corrected chi connectivity index (χ3v) is 3.58. The van der Waals surface area contributed by atoms with Gasteiger partial charge in [-0.25, -0.2) is 0 Å². The van der Waals surface area contributed by atoms with Gasteiger partial charge in [0.15, 0.2) is 0 Å². The second kappa shape index (κ2) is 7.79. The van der Waals surface area contributed by atoms with Gasteiger partial charge in [0, 0.05) is 24.3 Å². The smallest absolute Gasteiger partial charge is 0.0775 e. The Kier molecular flexibility index (Phi) is 5.77. The van der Waals surface area contributed by atoms with Crippen LogP contribution in [0.1, 0.15) is 17.2 Å². The lowest BCUT2D eigenvalue weighted by atomic mass is 9.95. The van der Waals surface area contributed by atoms with Crippen LogP contribution in [0, 0.1) is 0 Å². The Labute approximate surface area is 130 Å². The molecule has 118 valence electrons. The van der Waals surface area contributed by atoms with Gasteiger partial charge in [0.2, 0.25) is 0 Å². The van der Waals surface area contributed by atoms with E-state index in [-0.39, 0.29) is 12.6 Å². The van der Waals surface area contributed by atoms with Gasteiger partial charge in [-0.3, -0.25) is 0 Å². The van der Waals surface area contributed by atoms with Crippen LogP contribution in [0.4, 0.5) is 11.4 Å². The number of nitrogen functional groups attached to an aromatic ring is 2. The molecule has 0 radical (unpaired) electrons. The van der Waals surface area contributed by atoms with Gasteiger partial charge in [0.25, 0.3) is 0 Å². The Morgan fingerprint density at radius 2 is 1.45 bits per heavy atom. The fraction of sp³-hybridized carbons (Fsp3) is 0.294. The lowest BCUT2D eigenvalue weighted by molar-refractivity contribution is 0.123. The fourth-order valence-electron chi connectivity index (χ4n) is 2.41. The van der Waals surface area contributed by atoms with E-state index in [4.69, 9.17) is 16.6 Å². The number of aliphatic hydroxyl groups is 2. The predicted molar refractivity (Wildman–Crippen MR) is 89.2 cm³/mol. The Hall–Kier alpha value is -2.08. The van der Waals surface area contributed by atoms with Gasteiger partial charge in [-0.05, 0) is 35.4 Å². The minimum Gasteiger partial charge on any atom is -0.399 e. The molecule has 22 heavy (non-hydrogen) atoms. The van der Waals surface area contributed by atoms with Crippen LogP contribution in [-0.2, 0) is 6.42 Å². The summed E-state index contributed by atoms with van der Waals surface area (Å²) in [6, 6.07) is 14.6. The van der Waals surface area contributed by atoms with E-state index in [2.05, 4.69) is 5.32 Å². The molecule has 2 aromatic carbocycles. The second-order valence-electron chi connectivity index (χ2n) is 5.34. The SMILES string of the molecule is Nc1ccc(CC(O)C(NCCO)c2ccc(N)cc2)cc1. The number of hydrogen-bond acceptors (Lipinski definition) is 5. The average molecular weight is 301 g/mol. The van der Waals surface area contributed by atoms with Crippen molar-refractivity contribution in [1.82, 2.24) is 5.32 Å². The van der Waals surface area contributed by atoms with Gasteiger partial charge >= 0.3 is 0 Å². The quantitative estimate of drug-likeness (QED) is 0.492. The van der Waals surface area contributed by atoms with E-state index in [0.717, 1.165) is 11.1 Å². The van der Waals surface area contributed by atoms with E-state index < -0.39 is 6.10 Å². The molecule has 2 aromatic rings. The number of aliphatic hydroxyl groups excluding tert-OH is 2.